The van der Waals surface area contributed by atoms with E-state index in [0.717, 1.165) is 68.9 Å². The van der Waals surface area contributed by atoms with E-state index in [1.807, 2.05) is 7.05 Å². The first-order chi connectivity index (χ1) is 21.6. The van der Waals surface area contributed by atoms with Gasteiger partial charge in [-0.1, -0.05) is 17.7 Å². The van der Waals surface area contributed by atoms with Crippen molar-refractivity contribution >= 4 is 29.1 Å². The lowest BCUT2D eigenvalue weighted by molar-refractivity contribution is 0.101. The SMILES string of the molecule is CN(CC1CCCN1c1ncc(Cn2cc(NC(=O)c3cncc(-c4c(C(F)F)ccc(Cl)c4F)n3)cn2)cn1)CC1(O)CC1. The Balaban J connectivity index is 1.08. The molecule has 1 atom stereocenters. The Morgan fingerprint density at radius 1 is 1.20 bits per heavy atom. The molecule has 4 heterocycles. The van der Waals surface area contributed by atoms with Crippen LogP contribution < -0.4 is 10.2 Å². The summed E-state index contributed by atoms with van der Waals surface area (Å²) in [5.74, 6) is -1.10. The van der Waals surface area contributed by atoms with Gasteiger partial charge >= 0.3 is 0 Å². The number of benzene rings is 1. The van der Waals surface area contributed by atoms with Gasteiger partial charge in [0.1, 0.15) is 5.69 Å². The fraction of sp³-hybridized carbons (Fsp3) is 0.400. The average Bonchev–Trinajstić information content (AvgIpc) is 3.34. The molecule has 1 aliphatic carbocycles. The molecule has 3 aromatic heterocycles. The summed E-state index contributed by atoms with van der Waals surface area (Å²) in [5.41, 5.74) is -0.945. The van der Waals surface area contributed by atoms with Gasteiger partial charge in [-0.3, -0.25) is 14.5 Å². The lowest BCUT2D eigenvalue weighted by atomic mass is 10.0. The number of hydrogen-bond acceptors (Lipinski definition) is 9. The van der Waals surface area contributed by atoms with Crippen molar-refractivity contribution in [2.24, 2.45) is 0 Å². The highest BCUT2D eigenvalue weighted by atomic mass is 35.5. The number of amides is 1. The van der Waals surface area contributed by atoms with Crippen LogP contribution in [-0.2, 0) is 6.54 Å². The van der Waals surface area contributed by atoms with Crippen LogP contribution >= 0.6 is 11.6 Å². The smallest absolute Gasteiger partial charge is 0.275 e. The predicted octanol–water partition coefficient (Wildman–Crippen LogP) is 4.59. The zero-order valence-corrected chi connectivity index (χ0v) is 25.1. The van der Waals surface area contributed by atoms with Gasteiger partial charge in [0.25, 0.3) is 12.3 Å². The Kier molecular flexibility index (Phi) is 8.71. The number of rotatable bonds is 11. The molecule has 0 bridgehead atoms. The zero-order chi connectivity index (χ0) is 31.7. The van der Waals surface area contributed by atoms with Crippen molar-refractivity contribution in [1.82, 2.24) is 34.6 Å². The van der Waals surface area contributed by atoms with Gasteiger partial charge < -0.3 is 20.2 Å². The van der Waals surface area contributed by atoms with E-state index in [1.165, 1.54) is 6.20 Å². The van der Waals surface area contributed by atoms with Crippen molar-refractivity contribution in [1.29, 1.82) is 0 Å². The molecule has 2 aliphatic rings. The van der Waals surface area contributed by atoms with Crippen LogP contribution in [0.5, 0.6) is 0 Å². The number of alkyl halides is 2. The highest BCUT2D eigenvalue weighted by Gasteiger charge is 2.41. The Morgan fingerprint density at radius 2 is 1.98 bits per heavy atom. The molecule has 1 aliphatic heterocycles. The predicted molar refractivity (Wildman–Crippen MR) is 161 cm³/mol. The molecule has 1 unspecified atom stereocenters. The fourth-order valence-electron chi connectivity index (χ4n) is 5.60. The van der Waals surface area contributed by atoms with Crippen LogP contribution in [0.25, 0.3) is 11.3 Å². The number of carbonyl (C=O) groups excluding carboxylic acids is 1. The highest BCUT2D eigenvalue weighted by molar-refractivity contribution is 6.31. The first kappa shape index (κ1) is 30.9. The Morgan fingerprint density at radius 3 is 2.71 bits per heavy atom. The summed E-state index contributed by atoms with van der Waals surface area (Å²) in [6.45, 7) is 2.73. The van der Waals surface area contributed by atoms with Crippen LogP contribution in [0.4, 0.5) is 24.8 Å². The van der Waals surface area contributed by atoms with Crippen LogP contribution in [-0.4, -0.2) is 84.0 Å². The normalized spacial score (nSPS) is 17.3. The Labute approximate surface area is 262 Å². The lowest BCUT2D eigenvalue weighted by Gasteiger charge is -2.29. The van der Waals surface area contributed by atoms with Crippen molar-refractivity contribution in [3.8, 4) is 11.3 Å². The van der Waals surface area contributed by atoms with Crippen molar-refractivity contribution in [2.75, 3.05) is 36.9 Å². The van der Waals surface area contributed by atoms with Gasteiger partial charge in [-0.05, 0) is 38.8 Å². The minimum atomic E-state index is -2.99. The maximum atomic E-state index is 14.7. The molecule has 1 saturated heterocycles. The second-order valence-electron chi connectivity index (χ2n) is 11.6. The molecule has 1 saturated carbocycles. The lowest BCUT2D eigenvalue weighted by Crippen LogP contribution is -2.42. The summed E-state index contributed by atoms with van der Waals surface area (Å²) in [6.07, 6.45) is 9.61. The minimum absolute atomic E-state index is 0.210. The maximum Gasteiger partial charge on any atom is 0.275 e. The van der Waals surface area contributed by atoms with Crippen molar-refractivity contribution in [3.63, 3.8) is 0 Å². The summed E-state index contributed by atoms with van der Waals surface area (Å²) < 4.78 is 43.4. The first-order valence-electron chi connectivity index (χ1n) is 14.5. The van der Waals surface area contributed by atoms with Crippen LogP contribution in [0.15, 0.2) is 49.3 Å². The number of nitrogens with one attached hydrogen (secondary N) is 1. The summed E-state index contributed by atoms with van der Waals surface area (Å²) in [6, 6.07) is 2.33. The van der Waals surface area contributed by atoms with E-state index in [4.69, 9.17) is 11.6 Å². The van der Waals surface area contributed by atoms with E-state index in [1.54, 1.807) is 23.3 Å². The van der Waals surface area contributed by atoms with Gasteiger partial charge in [-0.15, -0.1) is 0 Å². The number of halogens is 4. The number of aromatic nitrogens is 6. The van der Waals surface area contributed by atoms with E-state index in [-0.39, 0.29) is 22.5 Å². The molecule has 1 aromatic carbocycles. The molecule has 15 heteroatoms. The van der Waals surface area contributed by atoms with Crippen LogP contribution in [0.1, 0.15) is 53.7 Å². The standard InChI is InChI=1S/C30H31ClF3N9O2/c1-41(17-30(45)6-7-30)16-20-3-2-8-43(20)29-36-9-18(10-37-29)14-42-15-19(11-38-42)39-28(44)24-13-35-12-23(40-24)25-21(27(33)34)4-5-22(31)26(25)32/h4-5,9-13,15,20,27,45H,2-3,6-8,14,16-17H2,1H3,(H,39,44). The Bertz CT molecular complexity index is 1680. The first-order valence-corrected chi connectivity index (χ1v) is 14.9. The number of likely N-dealkylation sites (N-methyl/N-ethyl adjacent to an activating group) is 1. The number of nitrogens with zero attached hydrogens (tertiary/aromatic N) is 8. The van der Waals surface area contributed by atoms with Gasteiger partial charge in [0.15, 0.2) is 5.82 Å². The molecule has 2 N–H and O–H groups in total. The number of carbonyl (C=O) groups is 1. The largest absolute Gasteiger partial charge is 0.389 e. The number of hydrogen-bond donors (Lipinski definition) is 2. The fourth-order valence-corrected chi connectivity index (χ4v) is 5.75. The summed E-state index contributed by atoms with van der Waals surface area (Å²) in [7, 11) is 2.04. The topological polar surface area (TPSA) is 125 Å². The van der Waals surface area contributed by atoms with Gasteiger partial charge in [-0.2, -0.15) is 5.10 Å². The van der Waals surface area contributed by atoms with Gasteiger partial charge in [0, 0.05) is 61.0 Å². The Hall–Kier alpha value is -4.14. The molecule has 45 heavy (non-hydrogen) atoms. The molecular formula is C30H31ClF3N9O2. The highest BCUT2D eigenvalue weighted by Crippen LogP contribution is 2.36. The van der Waals surface area contributed by atoms with E-state index in [2.05, 4.69) is 40.2 Å². The molecule has 2 fully saturated rings. The maximum absolute atomic E-state index is 14.7. The van der Waals surface area contributed by atoms with Gasteiger partial charge in [0.2, 0.25) is 5.95 Å². The molecule has 236 valence electrons. The third-order valence-electron chi connectivity index (χ3n) is 7.96. The number of aliphatic hydroxyl groups is 1. The minimum Gasteiger partial charge on any atom is -0.389 e. The summed E-state index contributed by atoms with van der Waals surface area (Å²) in [4.78, 5) is 34.5. The molecule has 4 aromatic rings. The quantitative estimate of drug-likeness (QED) is 0.242. The molecule has 6 rings (SSSR count). The van der Waals surface area contributed by atoms with E-state index >= 15 is 0 Å². The van der Waals surface area contributed by atoms with Crippen molar-refractivity contribution in [2.45, 2.75) is 50.3 Å². The van der Waals surface area contributed by atoms with E-state index in [0.29, 0.717) is 24.7 Å². The van der Waals surface area contributed by atoms with Gasteiger partial charge in [-0.25, -0.2) is 28.1 Å². The van der Waals surface area contributed by atoms with Crippen LogP contribution in [0.2, 0.25) is 5.02 Å². The van der Waals surface area contributed by atoms with Gasteiger partial charge in [0.05, 0.1) is 47.1 Å². The number of anilines is 2. The molecular weight excluding hydrogens is 611 g/mol. The zero-order valence-electron chi connectivity index (χ0n) is 24.4. The second kappa shape index (κ2) is 12.7. The average molecular weight is 642 g/mol. The van der Waals surface area contributed by atoms with Crippen molar-refractivity contribution in [3.05, 3.63) is 77.0 Å². The summed E-state index contributed by atoms with van der Waals surface area (Å²) >= 11 is 5.81. The second-order valence-corrected chi connectivity index (χ2v) is 12.0. The molecule has 0 radical (unpaired) electrons. The third kappa shape index (κ3) is 7.08. The molecule has 0 spiro atoms. The van der Waals surface area contributed by atoms with Crippen LogP contribution in [0.3, 0.4) is 0 Å². The van der Waals surface area contributed by atoms with Crippen molar-refractivity contribution < 1.29 is 23.1 Å². The van der Waals surface area contributed by atoms with Crippen LogP contribution in [0, 0.1) is 5.82 Å². The summed E-state index contributed by atoms with van der Waals surface area (Å²) in [5, 5.41) is 16.8. The molecule has 1 amide bonds. The monoisotopic (exact) mass is 641 g/mol. The van der Waals surface area contributed by atoms with E-state index in [9.17, 15) is 23.1 Å². The molecule has 11 nitrogen and oxygen atoms in total. The third-order valence-corrected chi connectivity index (χ3v) is 8.25. The van der Waals surface area contributed by atoms with E-state index < -0.39 is 34.9 Å².